The molecule has 0 bridgehead atoms. The van der Waals surface area contributed by atoms with Crippen LogP contribution in [0, 0.1) is 6.92 Å². The fourth-order valence-corrected chi connectivity index (χ4v) is 2.08. The lowest BCUT2D eigenvalue weighted by Crippen LogP contribution is -2.17. The number of rotatable bonds is 4. The Morgan fingerprint density at radius 2 is 2.14 bits per heavy atom. The maximum absolute atomic E-state index is 11.9. The van der Waals surface area contributed by atoms with Gasteiger partial charge in [-0.2, -0.15) is 5.10 Å². The summed E-state index contributed by atoms with van der Waals surface area (Å²) in [7, 11) is 0. The molecule has 1 amide bonds. The molecule has 0 saturated carbocycles. The lowest BCUT2D eigenvalue weighted by atomic mass is 10.0. The SMILES string of the molecule is Cc1ccc(CO)c(/C=N/NC(=O)c2cccc(Cl)c2)c1O. The fourth-order valence-electron chi connectivity index (χ4n) is 1.89. The summed E-state index contributed by atoms with van der Waals surface area (Å²) in [6.07, 6.45) is 1.30. The molecule has 5 nitrogen and oxygen atoms in total. The first kappa shape index (κ1) is 16.0. The first-order valence-corrected chi connectivity index (χ1v) is 6.92. The van der Waals surface area contributed by atoms with Crippen LogP contribution in [0.1, 0.15) is 27.0 Å². The second-order valence-electron chi connectivity index (χ2n) is 4.67. The van der Waals surface area contributed by atoms with Crippen molar-refractivity contribution in [3.8, 4) is 5.75 Å². The molecule has 0 fully saturated rings. The van der Waals surface area contributed by atoms with Crippen molar-refractivity contribution in [2.24, 2.45) is 5.10 Å². The number of phenols is 1. The van der Waals surface area contributed by atoms with Gasteiger partial charge in [0.1, 0.15) is 5.75 Å². The van der Waals surface area contributed by atoms with Gasteiger partial charge in [0.2, 0.25) is 0 Å². The zero-order chi connectivity index (χ0) is 16.1. The number of hydrogen-bond acceptors (Lipinski definition) is 4. The Kier molecular flexibility index (Phi) is 5.14. The van der Waals surface area contributed by atoms with Gasteiger partial charge in [-0.15, -0.1) is 0 Å². The summed E-state index contributed by atoms with van der Waals surface area (Å²) in [5.41, 5.74) is 4.27. The quantitative estimate of drug-likeness (QED) is 0.598. The number of benzene rings is 2. The zero-order valence-corrected chi connectivity index (χ0v) is 12.6. The van der Waals surface area contributed by atoms with E-state index in [0.29, 0.717) is 27.3 Å². The number of aliphatic hydroxyl groups is 1. The zero-order valence-electron chi connectivity index (χ0n) is 11.9. The summed E-state index contributed by atoms with van der Waals surface area (Å²) < 4.78 is 0. The Morgan fingerprint density at radius 1 is 1.36 bits per heavy atom. The van der Waals surface area contributed by atoms with Crippen LogP contribution in [0.3, 0.4) is 0 Å². The minimum atomic E-state index is -0.420. The van der Waals surface area contributed by atoms with Crippen molar-refractivity contribution in [3.63, 3.8) is 0 Å². The van der Waals surface area contributed by atoms with E-state index >= 15 is 0 Å². The maximum atomic E-state index is 11.9. The smallest absolute Gasteiger partial charge is 0.271 e. The predicted molar refractivity (Wildman–Crippen MR) is 85.3 cm³/mol. The summed E-state index contributed by atoms with van der Waals surface area (Å²) in [6.45, 7) is 1.50. The molecule has 0 saturated heterocycles. The number of aromatic hydroxyl groups is 1. The van der Waals surface area contributed by atoms with Crippen molar-refractivity contribution in [1.29, 1.82) is 0 Å². The number of amides is 1. The summed E-state index contributed by atoms with van der Waals surface area (Å²) in [5.74, 6) is -0.399. The molecule has 114 valence electrons. The van der Waals surface area contributed by atoms with Gasteiger partial charge >= 0.3 is 0 Å². The number of aliphatic hydroxyl groups excluding tert-OH is 1. The Labute approximate surface area is 132 Å². The minimum absolute atomic E-state index is 0.0207. The molecule has 0 aliphatic heterocycles. The minimum Gasteiger partial charge on any atom is -0.507 e. The molecular weight excluding hydrogens is 304 g/mol. The van der Waals surface area contributed by atoms with Crippen LogP contribution in [0.25, 0.3) is 0 Å². The van der Waals surface area contributed by atoms with Crippen LogP contribution in [0.5, 0.6) is 5.75 Å². The second kappa shape index (κ2) is 7.06. The fraction of sp³-hybridized carbons (Fsp3) is 0.125. The summed E-state index contributed by atoms with van der Waals surface area (Å²) in [5, 5.41) is 23.5. The molecule has 0 aliphatic rings. The van der Waals surface area contributed by atoms with Crippen LogP contribution in [-0.2, 0) is 6.61 Å². The van der Waals surface area contributed by atoms with E-state index in [2.05, 4.69) is 10.5 Å². The summed E-state index contributed by atoms with van der Waals surface area (Å²) in [6, 6.07) is 9.85. The molecule has 0 aromatic heterocycles. The van der Waals surface area contributed by atoms with Gasteiger partial charge in [-0.3, -0.25) is 4.79 Å². The normalized spacial score (nSPS) is 10.9. The van der Waals surface area contributed by atoms with Crippen molar-refractivity contribution < 1.29 is 15.0 Å². The number of carbonyl (C=O) groups excluding carboxylic acids is 1. The van der Waals surface area contributed by atoms with E-state index in [1.54, 1.807) is 37.3 Å². The standard InChI is InChI=1S/C16H15ClN2O3/c1-10-5-6-12(9-20)14(15(10)21)8-18-19-16(22)11-3-2-4-13(17)7-11/h2-8,20-21H,9H2,1H3,(H,19,22)/b18-8+. The first-order valence-electron chi connectivity index (χ1n) is 6.54. The van der Waals surface area contributed by atoms with Gasteiger partial charge in [0.15, 0.2) is 0 Å². The third-order valence-electron chi connectivity index (χ3n) is 3.13. The number of hydrazone groups is 1. The largest absolute Gasteiger partial charge is 0.507 e. The van der Waals surface area contributed by atoms with Gasteiger partial charge in [-0.05, 0) is 36.2 Å². The van der Waals surface area contributed by atoms with Crippen LogP contribution in [0.4, 0.5) is 0 Å². The third-order valence-corrected chi connectivity index (χ3v) is 3.36. The average molecular weight is 319 g/mol. The molecule has 0 radical (unpaired) electrons. The third kappa shape index (κ3) is 3.63. The first-order chi connectivity index (χ1) is 10.5. The molecular formula is C16H15ClN2O3. The van der Waals surface area contributed by atoms with E-state index in [1.165, 1.54) is 12.3 Å². The van der Waals surface area contributed by atoms with Crippen LogP contribution < -0.4 is 5.43 Å². The molecule has 0 spiro atoms. The number of aryl methyl sites for hydroxylation is 1. The Hall–Kier alpha value is -2.37. The Bertz CT molecular complexity index is 729. The van der Waals surface area contributed by atoms with Crippen LogP contribution in [-0.4, -0.2) is 22.3 Å². The van der Waals surface area contributed by atoms with Gasteiger partial charge in [0, 0.05) is 16.1 Å². The van der Waals surface area contributed by atoms with Crippen molar-refractivity contribution in [3.05, 3.63) is 63.7 Å². The van der Waals surface area contributed by atoms with E-state index < -0.39 is 5.91 Å². The number of carbonyl (C=O) groups is 1. The van der Waals surface area contributed by atoms with Crippen molar-refractivity contribution in [2.45, 2.75) is 13.5 Å². The van der Waals surface area contributed by atoms with E-state index in [4.69, 9.17) is 11.6 Å². The average Bonchev–Trinajstić information content (AvgIpc) is 2.51. The molecule has 22 heavy (non-hydrogen) atoms. The highest BCUT2D eigenvalue weighted by molar-refractivity contribution is 6.30. The molecule has 0 atom stereocenters. The lowest BCUT2D eigenvalue weighted by Gasteiger charge is -2.08. The highest BCUT2D eigenvalue weighted by Gasteiger charge is 2.09. The van der Waals surface area contributed by atoms with Gasteiger partial charge in [0.05, 0.1) is 12.8 Å². The maximum Gasteiger partial charge on any atom is 0.271 e. The molecule has 2 rings (SSSR count). The highest BCUT2D eigenvalue weighted by atomic mass is 35.5. The van der Waals surface area contributed by atoms with E-state index in [9.17, 15) is 15.0 Å². The van der Waals surface area contributed by atoms with E-state index in [1.807, 2.05) is 0 Å². The van der Waals surface area contributed by atoms with Crippen LogP contribution in [0.15, 0.2) is 41.5 Å². The van der Waals surface area contributed by atoms with Gasteiger partial charge in [-0.25, -0.2) is 5.43 Å². The number of nitrogens with zero attached hydrogens (tertiary/aromatic N) is 1. The van der Waals surface area contributed by atoms with Crippen molar-refractivity contribution in [2.75, 3.05) is 0 Å². The summed E-state index contributed by atoms with van der Waals surface area (Å²) >= 11 is 5.82. The molecule has 0 unspecified atom stereocenters. The van der Waals surface area contributed by atoms with E-state index in [0.717, 1.165) is 0 Å². The number of phenolic OH excluding ortho intramolecular Hbond substituents is 1. The van der Waals surface area contributed by atoms with E-state index in [-0.39, 0.29) is 12.4 Å². The molecule has 0 aliphatic carbocycles. The molecule has 6 heteroatoms. The Morgan fingerprint density at radius 3 is 2.82 bits per heavy atom. The number of halogens is 1. The second-order valence-corrected chi connectivity index (χ2v) is 5.11. The predicted octanol–water partition coefficient (Wildman–Crippen LogP) is 2.61. The molecule has 3 N–H and O–H groups in total. The van der Waals surface area contributed by atoms with Gasteiger partial charge in [0.25, 0.3) is 5.91 Å². The molecule has 0 heterocycles. The number of nitrogens with one attached hydrogen (secondary N) is 1. The summed E-state index contributed by atoms with van der Waals surface area (Å²) in [4.78, 5) is 11.9. The van der Waals surface area contributed by atoms with Crippen molar-refractivity contribution >= 4 is 23.7 Å². The molecule has 2 aromatic rings. The molecule has 2 aromatic carbocycles. The van der Waals surface area contributed by atoms with Crippen LogP contribution in [0.2, 0.25) is 5.02 Å². The monoisotopic (exact) mass is 318 g/mol. The van der Waals surface area contributed by atoms with Gasteiger partial charge < -0.3 is 10.2 Å². The van der Waals surface area contributed by atoms with Gasteiger partial charge in [-0.1, -0.05) is 29.8 Å². The number of hydrogen-bond donors (Lipinski definition) is 3. The Balaban J connectivity index is 2.16. The van der Waals surface area contributed by atoms with Crippen LogP contribution >= 0.6 is 11.6 Å². The topological polar surface area (TPSA) is 81.9 Å². The van der Waals surface area contributed by atoms with Crippen molar-refractivity contribution in [1.82, 2.24) is 5.43 Å². The lowest BCUT2D eigenvalue weighted by molar-refractivity contribution is 0.0955. The highest BCUT2D eigenvalue weighted by Crippen LogP contribution is 2.24.